The molecule has 1 saturated heterocycles. The Hall–Kier alpha value is -2.76. The number of carbonyl (C=O) groups is 2. The van der Waals surface area contributed by atoms with Crippen molar-refractivity contribution in [3.8, 4) is 0 Å². The average molecular weight is 338 g/mol. The van der Waals surface area contributed by atoms with E-state index in [0.29, 0.717) is 18.9 Å². The highest BCUT2D eigenvalue weighted by molar-refractivity contribution is 5.89. The molecule has 1 aromatic heterocycles. The van der Waals surface area contributed by atoms with Crippen LogP contribution >= 0.6 is 0 Å². The number of rotatable bonds is 5. The van der Waals surface area contributed by atoms with Gasteiger partial charge in [0.05, 0.1) is 24.2 Å². The van der Waals surface area contributed by atoms with E-state index in [1.807, 2.05) is 44.2 Å². The third-order valence-electron chi connectivity index (χ3n) is 4.56. The number of hydrogen-bond acceptors (Lipinski definition) is 4. The lowest BCUT2D eigenvalue weighted by Gasteiger charge is -2.25. The predicted octanol–water partition coefficient (Wildman–Crippen LogP) is 2.01. The van der Waals surface area contributed by atoms with Gasteiger partial charge in [0, 0.05) is 19.2 Å². The van der Waals surface area contributed by atoms with Crippen LogP contribution in [0.5, 0.6) is 0 Å². The van der Waals surface area contributed by atoms with Crippen LogP contribution in [0.1, 0.15) is 36.5 Å². The van der Waals surface area contributed by atoms with Crippen molar-refractivity contribution < 1.29 is 9.59 Å². The number of aromatic nitrogens is 2. The number of benzene rings is 1. The maximum absolute atomic E-state index is 12.4. The summed E-state index contributed by atoms with van der Waals surface area (Å²) in [6.07, 6.45) is 1.93. The number of nitrogens with zero attached hydrogens (tertiary/aromatic N) is 3. The van der Waals surface area contributed by atoms with E-state index in [-0.39, 0.29) is 30.2 Å². The third-order valence-corrected chi connectivity index (χ3v) is 4.56. The molecule has 2 atom stereocenters. The van der Waals surface area contributed by atoms with Crippen LogP contribution in [-0.4, -0.2) is 33.2 Å². The fraction of sp³-hybridized carbons (Fsp3) is 0.368. The van der Waals surface area contributed by atoms with Crippen LogP contribution in [-0.2, 0) is 16.1 Å². The maximum Gasteiger partial charge on any atom is 0.225 e. The fourth-order valence-corrected chi connectivity index (χ4v) is 3.12. The van der Waals surface area contributed by atoms with Gasteiger partial charge in [-0.15, -0.1) is 0 Å². The van der Waals surface area contributed by atoms with Gasteiger partial charge in [-0.25, -0.2) is 9.97 Å². The standard InChI is InChI=1S/C19H22N4O2/c1-13(15-6-4-3-5-7-15)23-12-16(10-18(23)24)19(25)21-11-17-8-9-20-14(2)22-17/h3-9,13,16H,10-12H2,1-2H3,(H,21,25)/t13-,16-/m0/s1. The van der Waals surface area contributed by atoms with Gasteiger partial charge < -0.3 is 10.2 Å². The van der Waals surface area contributed by atoms with Crippen molar-refractivity contribution in [2.24, 2.45) is 5.92 Å². The minimum Gasteiger partial charge on any atom is -0.350 e. The molecule has 1 N–H and O–H groups in total. The highest BCUT2D eigenvalue weighted by Crippen LogP contribution is 2.28. The van der Waals surface area contributed by atoms with Gasteiger partial charge in [-0.1, -0.05) is 30.3 Å². The van der Waals surface area contributed by atoms with E-state index in [0.717, 1.165) is 11.3 Å². The van der Waals surface area contributed by atoms with Crippen molar-refractivity contribution in [1.82, 2.24) is 20.2 Å². The topological polar surface area (TPSA) is 75.2 Å². The quantitative estimate of drug-likeness (QED) is 0.905. The number of aryl methyl sites for hydroxylation is 1. The van der Waals surface area contributed by atoms with E-state index >= 15 is 0 Å². The van der Waals surface area contributed by atoms with Gasteiger partial charge in [-0.2, -0.15) is 0 Å². The lowest BCUT2D eigenvalue weighted by atomic mass is 10.1. The molecule has 3 rings (SSSR count). The SMILES string of the molecule is Cc1nccc(CNC(=O)[C@H]2CC(=O)N([C@@H](C)c3ccccc3)C2)n1. The molecule has 2 amide bonds. The molecule has 130 valence electrons. The highest BCUT2D eigenvalue weighted by atomic mass is 16.2. The molecule has 0 aliphatic carbocycles. The largest absolute Gasteiger partial charge is 0.350 e. The fourth-order valence-electron chi connectivity index (χ4n) is 3.12. The van der Waals surface area contributed by atoms with Crippen molar-refractivity contribution in [3.63, 3.8) is 0 Å². The first-order valence-corrected chi connectivity index (χ1v) is 8.45. The Morgan fingerprint density at radius 3 is 2.80 bits per heavy atom. The Kier molecular flexibility index (Phi) is 5.07. The van der Waals surface area contributed by atoms with Crippen LogP contribution in [0.15, 0.2) is 42.6 Å². The van der Waals surface area contributed by atoms with E-state index in [1.165, 1.54) is 0 Å². The number of nitrogens with one attached hydrogen (secondary N) is 1. The number of likely N-dealkylation sites (tertiary alicyclic amines) is 1. The van der Waals surface area contributed by atoms with Gasteiger partial charge >= 0.3 is 0 Å². The summed E-state index contributed by atoms with van der Waals surface area (Å²) >= 11 is 0. The Morgan fingerprint density at radius 2 is 2.08 bits per heavy atom. The third kappa shape index (κ3) is 4.02. The van der Waals surface area contributed by atoms with Crippen molar-refractivity contribution in [1.29, 1.82) is 0 Å². The molecule has 1 aliphatic rings. The highest BCUT2D eigenvalue weighted by Gasteiger charge is 2.36. The number of hydrogen-bond donors (Lipinski definition) is 1. The molecule has 0 unspecified atom stereocenters. The first-order valence-electron chi connectivity index (χ1n) is 8.45. The summed E-state index contributed by atoms with van der Waals surface area (Å²) in [6.45, 7) is 4.60. The summed E-state index contributed by atoms with van der Waals surface area (Å²) in [5.74, 6) is 0.272. The molecule has 25 heavy (non-hydrogen) atoms. The second-order valence-electron chi connectivity index (χ2n) is 6.35. The molecule has 1 aromatic carbocycles. The van der Waals surface area contributed by atoms with E-state index in [1.54, 1.807) is 17.2 Å². The predicted molar refractivity (Wildman–Crippen MR) is 93.3 cm³/mol. The lowest BCUT2D eigenvalue weighted by molar-refractivity contribution is -0.130. The molecule has 0 radical (unpaired) electrons. The van der Waals surface area contributed by atoms with E-state index in [2.05, 4.69) is 15.3 Å². The zero-order valence-electron chi connectivity index (χ0n) is 14.5. The monoisotopic (exact) mass is 338 g/mol. The minimum absolute atomic E-state index is 0.0226. The van der Waals surface area contributed by atoms with Crippen LogP contribution < -0.4 is 5.32 Å². The van der Waals surface area contributed by atoms with Gasteiger partial charge in [0.25, 0.3) is 0 Å². The molecule has 0 bridgehead atoms. The summed E-state index contributed by atoms with van der Waals surface area (Å²) < 4.78 is 0. The van der Waals surface area contributed by atoms with Crippen LogP contribution in [0.4, 0.5) is 0 Å². The van der Waals surface area contributed by atoms with Gasteiger partial charge in [-0.05, 0) is 25.5 Å². The summed E-state index contributed by atoms with van der Waals surface area (Å²) in [5.41, 5.74) is 1.84. The normalized spacial score (nSPS) is 18.2. The molecule has 2 heterocycles. The number of amides is 2. The van der Waals surface area contributed by atoms with Gasteiger partial charge in [-0.3, -0.25) is 9.59 Å². The first kappa shape index (κ1) is 17.1. The summed E-state index contributed by atoms with van der Waals surface area (Å²) in [5, 5.41) is 2.88. The molecule has 1 aliphatic heterocycles. The van der Waals surface area contributed by atoms with Crippen molar-refractivity contribution >= 4 is 11.8 Å². The van der Waals surface area contributed by atoms with Crippen LogP contribution in [0.2, 0.25) is 0 Å². The van der Waals surface area contributed by atoms with Crippen molar-refractivity contribution in [2.45, 2.75) is 32.9 Å². The zero-order valence-corrected chi connectivity index (χ0v) is 14.5. The molecular formula is C19H22N4O2. The molecule has 2 aromatic rings. The maximum atomic E-state index is 12.4. The average Bonchev–Trinajstić information content (AvgIpc) is 3.02. The Labute approximate surface area is 147 Å². The second kappa shape index (κ2) is 7.42. The van der Waals surface area contributed by atoms with E-state index < -0.39 is 0 Å². The van der Waals surface area contributed by atoms with Crippen molar-refractivity contribution in [2.75, 3.05) is 6.54 Å². The summed E-state index contributed by atoms with van der Waals surface area (Å²) in [6, 6.07) is 11.6. The van der Waals surface area contributed by atoms with Crippen LogP contribution in [0.3, 0.4) is 0 Å². The second-order valence-corrected chi connectivity index (χ2v) is 6.35. The van der Waals surface area contributed by atoms with Gasteiger partial charge in [0.2, 0.25) is 11.8 Å². The first-order chi connectivity index (χ1) is 12.0. The van der Waals surface area contributed by atoms with E-state index in [9.17, 15) is 9.59 Å². The molecular weight excluding hydrogens is 316 g/mol. The Balaban J connectivity index is 1.59. The Bertz CT molecular complexity index is 763. The molecule has 6 nitrogen and oxygen atoms in total. The van der Waals surface area contributed by atoms with E-state index in [4.69, 9.17) is 0 Å². The van der Waals surface area contributed by atoms with Crippen LogP contribution in [0.25, 0.3) is 0 Å². The zero-order chi connectivity index (χ0) is 17.8. The van der Waals surface area contributed by atoms with Crippen LogP contribution in [0, 0.1) is 12.8 Å². The van der Waals surface area contributed by atoms with Gasteiger partial charge in [0.15, 0.2) is 0 Å². The lowest BCUT2D eigenvalue weighted by Crippen LogP contribution is -2.33. The molecule has 6 heteroatoms. The molecule has 0 spiro atoms. The smallest absolute Gasteiger partial charge is 0.225 e. The number of carbonyl (C=O) groups excluding carboxylic acids is 2. The summed E-state index contributed by atoms with van der Waals surface area (Å²) in [4.78, 5) is 34.9. The molecule has 1 fully saturated rings. The van der Waals surface area contributed by atoms with Crippen molar-refractivity contribution in [3.05, 3.63) is 59.7 Å². The van der Waals surface area contributed by atoms with Gasteiger partial charge in [0.1, 0.15) is 5.82 Å². The Morgan fingerprint density at radius 1 is 1.32 bits per heavy atom. The summed E-state index contributed by atoms with van der Waals surface area (Å²) in [7, 11) is 0. The molecule has 0 saturated carbocycles. The minimum atomic E-state index is -0.318.